The van der Waals surface area contributed by atoms with E-state index in [1.807, 2.05) is 24.3 Å². The van der Waals surface area contributed by atoms with E-state index in [4.69, 9.17) is 4.74 Å². The van der Waals surface area contributed by atoms with Gasteiger partial charge in [0.2, 0.25) is 0 Å². The first-order valence-corrected chi connectivity index (χ1v) is 8.85. The molecule has 0 bridgehead atoms. The fourth-order valence-corrected chi connectivity index (χ4v) is 3.22. The number of unbranched alkanes of at least 4 members (excludes halogenated alkanes) is 1. The molecule has 0 aliphatic rings. The van der Waals surface area contributed by atoms with Gasteiger partial charge in [-0.05, 0) is 43.2 Å². The van der Waals surface area contributed by atoms with Crippen molar-refractivity contribution in [2.45, 2.75) is 33.1 Å². The molecule has 0 radical (unpaired) electrons. The van der Waals surface area contributed by atoms with Crippen molar-refractivity contribution in [1.29, 1.82) is 0 Å². The molecular weight excluding hydrogens is 306 g/mol. The van der Waals surface area contributed by atoms with Crippen molar-refractivity contribution in [3.05, 3.63) is 41.5 Å². The standard InChI is InChI=1S/C18H21N3OS/c1-3-5-10-22-14-8-6-13(7-9-14)21-17-16-11-15(4-2)23-18(16)20-12-19-17/h6-9,11-12H,3-5,10H2,1-2H3,(H,19,20,21). The zero-order chi connectivity index (χ0) is 16.1. The lowest BCUT2D eigenvalue weighted by atomic mass is 10.2. The fraction of sp³-hybridized carbons (Fsp3) is 0.333. The number of rotatable bonds is 7. The van der Waals surface area contributed by atoms with E-state index in [9.17, 15) is 0 Å². The monoisotopic (exact) mass is 327 g/mol. The summed E-state index contributed by atoms with van der Waals surface area (Å²) in [5.74, 6) is 1.76. The van der Waals surface area contributed by atoms with Crippen molar-refractivity contribution in [1.82, 2.24) is 9.97 Å². The van der Waals surface area contributed by atoms with Crippen molar-refractivity contribution in [3.63, 3.8) is 0 Å². The minimum Gasteiger partial charge on any atom is -0.494 e. The summed E-state index contributed by atoms with van der Waals surface area (Å²) in [6, 6.07) is 10.2. The second-order valence-electron chi connectivity index (χ2n) is 5.36. The van der Waals surface area contributed by atoms with E-state index >= 15 is 0 Å². The van der Waals surface area contributed by atoms with Gasteiger partial charge in [0.25, 0.3) is 0 Å². The number of hydrogen-bond donors (Lipinski definition) is 1. The van der Waals surface area contributed by atoms with Gasteiger partial charge in [0, 0.05) is 10.6 Å². The van der Waals surface area contributed by atoms with Gasteiger partial charge in [0.05, 0.1) is 12.0 Å². The zero-order valence-electron chi connectivity index (χ0n) is 13.5. The van der Waals surface area contributed by atoms with Gasteiger partial charge in [-0.2, -0.15) is 0 Å². The molecule has 120 valence electrons. The van der Waals surface area contributed by atoms with Crippen LogP contribution in [-0.2, 0) is 6.42 Å². The van der Waals surface area contributed by atoms with Crippen LogP contribution in [0.4, 0.5) is 11.5 Å². The molecule has 3 aromatic rings. The molecule has 2 heterocycles. The number of aromatic nitrogens is 2. The molecule has 5 heteroatoms. The second kappa shape index (κ2) is 7.42. The van der Waals surface area contributed by atoms with Crippen LogP contribution in [0.1, 0.15) is 31.6 Å². The summed E-state index contributed by atoms with van der Waals surface area (Å²) < 4.78 is 5.69. The van der Waals surface area contributed by atoms with Crippen LogP contribution in [0.15, 0.2) is 36.7 Å². The highest BCUT2D eigenvalue weighted by Gasteiger charge is 2.08. The van der Waals surface area contributed by atoms with Crippen LogP contribution >= 0.6 is 11.3 Å². The Balaban J connectivity index is 1.75. The highest BCUT2D eigenvalue weighted by atomic mass is 32.1. The summed E-state index contributed by atoms with van der Waals surface area (Å²) in [5.41, 5.74) is 0.997. The number of benzene rings is 1. The minimum absolute atomic E-state index is 0.768. The number of aryl methyl sites for hydroxylation is 1. The van der Waals surface area contributed by atoms with Crippen LogP contribution in [-0.4, -0.2) is 16.6 Å². The number of fused-ring (bicyclic) bond motifs is 1. The Bertz CT molecular complexity index is 768. The normalized spacial score (nSPS) is 10.9. The lowest BCUT2D eigenvalue weighted by Gasteiger charge is -2.08. The van der Waals surface area contributed by atoms with E-state index in [-0.39, 0.29) is 0 Å². The predicted molar refractivity (Wildman–Crippen MR) is 96.9 cm³/mol. The molecule has 0 fully saturated rings. The highest BCUT2D eigenvalue weighted by Crippen LogP contribution is 2.30. The molecule has 2 aromatic heterocycles. The third kappa shape index (κ3) is 3.79. The molecule has 0 unspecified atom stereocenters. The van der Waals surface area contributed by atoms with Gasteiger partial charge in [0.15, 0.2) is 0 Å². The Morgan fingerprint density at radius 2 is 1.96 bits per heavy atom. The lowest BCUT2D eigenvalue weighted by molar-refractivity contribution is 0.309. The number of anilines is 2. The predicted octanol–water partition coefficient (Wildman–Crippen LogP) is 5.18. The largest absolute Gasteiger partial charge is 0.494 e. The van der Waals surface area contributed by atoms with Crippen LogP contribution < -0.4 is 10.1 Å². The Morgan fingerprint density at radius 3 is 2.70 bits per heavy atom. The maximum atomic E-state index is 5.69. The van der Waals surface area contributed by atoms with Gasteiger partial charge in [-0.25, -0.2) is 9.97 Å². The number of thiophene rings is 1. The molecule has 0 saturated heterocycles. The molecule has 0 atom stereocenters. The average Bonchev–Trinajstić information content (AvgIpc) is 3.01. The van der Waals surface area contributed by atoms with Crippen LogP contribution in [0.2, 0.25) is 0 Å². The van der Waals surface area contributed by atoms with Gasteiger partial charge in [-0.1, -0.05) is 20.3 Å². The van der Waals surface area contributed by atoms with Gasteiger partial charge in [0.1, 0.15) is 22.7 Å². The van der Waals surface area contributed by atoms with Crippen LogP contribution in [0.5, 0.6) is 5.75 Å². The smallest absolute Gasteiger partial charge is 0.142 e. The quantitative estimate of drug-likeness (QED) is 0.608. The van der Waals surface area contributed by atoms with Crippen LogP contribution in [0.3, 0.4) is 0 Å². The first-order valence-electron chi connectivity index (χ1n) is 8.03. The average molecular weight is 327 g/mol. The molecule has 0 saturated carbocycles. The molecule has 0 spiro atoms. The summed E-state index contributed by atoms with van der Waals surface area (Å²) in [5, 5.41) is 4.46. The molecule has 23 heavy (non-hydrogen) atoms. The van der Waals surface area contributed by atoms with E-state index in [1.54, 1.807) is 17.7 Å². The second-order valence-corrected chi connectivity index (χ2v) is 6.47. The summed E-state index contributed by atoms with van der Waals surface area (Å²) in [6.45, 7) is 5.08. The molecule has 0 aliphatic carbocycles. The Morgan fingerprint density at radius 1 is 1.13 bits per heavy atom. The van der Waals surface area contributed by atoms with Crippen molar-refractivity contribution in [3.8, 4) is 5.75 Å². The molecule has 0 amide bonds. The molecule has 1 aromatic carbocycles. The summed E-state index contributed by atoms with van der Waals surface area (Å²) in [7, 11) is 0. The van der Waals surface area contributed by atoms with Gasteiger partial charge in [-0.3, -0.25) is 0 Å². The molecule has 1 N–H and O–H groups in total. The first-order chi connectivity index (χ1) is 11.3. The maximum absolute atomic E-state index is 5.69. The Hall–Kier alpha value is -2.14. The summed E-state index contributed by atoms with van der Waals surface area (Å²) in [6.07, 6.45) is 4.85. The number of nitrogens with zero attached hydrogens (tertiary/aromatic N) is 2. The van der Waals surface area contributed by atoms with Crippen LogP contribution in [0.25, 0.3) is 10.2 Å². The van der Waals surface area contributed by atoms with Crippen molar-refractivity contribution in [2.75, 3.05) is 11.9 Å². The van der Waals surface area contributed by atoms with E-state index in [1.165, 1.54) is 4.88 Å². The van der Waals surface area contributed by atoms with Gasteiger partial charge in [-0.15, -0.1) is 11.3 Å². The minimum atomic E-state index is 0.768. The van der Waals surface area contributed by atoms with E-state index in [2.05, 4.69) is 35.2 Å². The zero-order valence-corrected chi connectivity index (χ0v) is 14.3. The molecular formula is C18H21N3OS. The third-order valence-corrected chi connectivity index (χ3v) is 4.80. The van der Waals surface area contributed by atoms with Crippen molar-refractivity contribution >= 4 is 33.1 Å². The number of hydrogen-bond acceptors (Lipinski definition) is 5. The number of ether oxygens (including phenoxy) is 1. The highest BCUT2D eigenvalue weighted by molar-refractivity contribution is 7.18. The topological polar surface area (TPSA) is 47.0 Å². The Kier molecular flexibility index (Phi) is 5.08. The Labute approximate surface area is 140 Å². The lowest BCUT2D eigenvalue weighted by Crippen LogP contribution is -1.97. The molecule has 0 aliphatic heterocycles. The van der Waals surface area contributed by atoms with E-state index < -0.39 is 0 Å². The summed E-state index contributed by atoms with van der Waals surface area (Å²) in [4.78, 5) is 11.1. The molecule has 3 rings (SSSR count). The van der Waals surface area contributed by atoms with Crippen molar-refractivity contribution in [2.24, 2.45) is 0 Å². The fourth-order valence-electron chi connectivity index (χ4n) is 2.28. The first kappa shape index (κ1) is 15.7. The van der Waals surface area contributed by atoms with Gasteiger partial charge < -0.3 is 10.1 Å². The maximum Gasteiger partial charge on any atom is 0.142 e. The third-order valence-electron chi connectivity index (χ3n) is 3.61. The van der Waals surface area contributed by atoms with Crippen molar-refractivity contribution < 1.29 is 4.74 Å². The van der Waals surface area contributed by atoms with Gasteiger partial charge >= 0.3 is 0 Å². The van der Waals surface area contributed by atoms with E-state index in [0.29, 0.717) is 0 Å². The summed E-state index contributed by atoms with van der Waals surface area (Å²) >= 11 is 1.72. The van der Waals surface area contributed by atoms with Crippen LogP contribution in [0, 0.1) is 0 Å². The molecule has 4 nitrogen and oxygen atoms in total. The van der Waals surface area contributed by atoms with E-state index in [0.717, 1.165) is 53.3 Å². The SMILES string of the molecule is CCCCOc1ccc(Nc2ncnc3sc(CC)cc23)cc1. The number of nitrogens with one attached hydrogen (secondary N) is 1.